The van der Waals surface area contributed by atoms with Crippen LogP contribution >= 0.6 is 0 Å². The summed E-state index contributed by atoms with van der Waals surface area (Å²) >= 11 is 0. The van der Waals surface area contributed by atoms with E-state index in [4.69, 9.17) is 4.74 Å². The molecule has 0 spiro atoms. The number of benzene rings is 2. The minimum absolute atomic E-state index is 0.0576. The molecule has 3 aromatic rings. The lowest BCUT2D eigenvalue weighted by molar-refractivity contribution is 0.0599. The molecule has 0 atom stereocenters. The maximum Gasteiger partial charge on any atom is 0.339 e. The Morgan fingerprint density at radius 1 is 0.966 bits per heavy atom. The second-order valence-electron chi connectivity index (χ2n) is 7.18. The van der Waals surface area contributed by atoms with E-state index < -0.39 is 5.97 Å². The van der Waals surface area contributed by atoms with Crippen molar-refractivity contribution in [3.05, 3.63) is 94.3 Å². The Morgan fingerprint density at radius 2 is 1.48 bits per heavy atom. The molecule has 0 aliphatic carbocycles. The SMILES string of the molecule is COC(=O)c1c(C)[nH]c(C(=O)CN(C)C(c2ccccc2)c2ccccc2)c1C. The molecule has 0 fully saturated rings. The number of aryl methyl sites for hydroxylation is 1. The van der Waals surface area contributed by atoms with E-state index in [2.05, 4.69) is 29.2 Å². The molecule has 2 aromatic carbocycles. The smallest absolute Gasteiger partial charge is 0.339 e. The molecule has 5 nitrogen and oxygen atoms in total. The van der Waals surface area contributed by atoms with E-state index in [1.807, 2.05) is 48.3 Å². The Bertz CT molecular complexity index is 954. The molecule has 150 valence electrons. The van der Waals surface area contributed by atoms with Crippen molar-refractivity contribution in [3.63, 3.8) is 0 Å². The minimum Gasteiger partial charge on any atom is -0.465 e. The third-order valence-electron chi connectivity index (χ3n) is 5.17. The molecule has 29 heavy (non-hydrogen) atoms. The number of carbonyl (C=O) groups is 2. The van der Waals surface area contributed by atoms with Gasteiger partial charge in [-0.05, 0) is 37.6 Å². The van der Waals surface area contributed by atoms with Crippen LogP contribution < -0.4 is 0 Å². The Morgan fingerprint density at radius 3 is 1.97 bits per heavy atom. The second-order valence-corrected chi connectivity index (χ2v) is 7.18. The van der Waals surface area contributed by atoms with E-state index in [9.17, 15) is 9.59 Å². The number of carbonyl (C=O) groups excluding carboxylic acids is 2. The molecule has 0 radical (unpaired) electrons. The van der Waals surface area contributed by atoms with Gasteiger partial charge in [-0.1, -0.05) is 60.7 Å². The zero-order chi connectivity index (χ0) is 21.0. The number of nitrogens with one attached hydrogen (secondary N) is 1. The summed E-state index contributed by atoms with van der Waals surface area (Å²) in [6.45, 7) is 3.75. The van der Waals surface area contributed by atoms with Gasteiger partial charge in [0.15, 0.2) is 5.78 Å². The molecule has 1 N–H and O–H groups in total. The molecule has 5 heteroatoms. The number of aromatic nitrogens is 1. The van der Waals surface area contributed by atoms with Crippen LogP contribution in [0.3, 0.4) is 0 Å². The van der Waals surface area contributed by atoms with Crippen LogP contribution in [0.15, 0.2) is 60.7 Å². The second kappa shape index (κ2) is 8.88. The molecule has 0 amide bonds. The number of aromatic amines is 1. The number of methoxy groups -OCH3 is 1. The summed E-state index contributed by atoms with van der Waals surface area (Å²) in [7, 11) is 3.28. The van der Waals surface area contributed by atoms with Gasteiger partial charge in [0.2, 0.25) is 0 Å². The van der Waals surface area contributed by atoms with Crippen molar-refractivity contribution in [1.29, 1.82) is 0 Å². The molecule has 0 saturated carbocycles. The first kappa shape index (κ1) is 20.6. The number of rotatable bonds is 7. The summed E-state index contributed by atoms with van der Waals surface area (Å²) in [6, 6.07) is 20.2. The Labute approximate surface area is 171 Å². The maximum atomic E-state index is 13.1. The predicted molar refractivity (Wildman–Crippen MR) is 113 cm³/mol. The summed E-state index contributed by atoms with van der Waals surface area (Å²) in [5, 5.41) is 0. The standard InChI is InChI=1S/C24H26N2O3/c1-16-21(24(28)29-4)17(2)25-22(16)20(27)15-26(3)23(18-11-7-5-8-12-18)19-13-9-6-10-14-19/h5-14,23,25H,15H2,1-4H3. The van der Waals surface area contributed by atoms with Crippen LogP contribution in [0.2, 0.25) is 0 Å². The summed E-state index contributed by atoms with van der Waals surface area (Å²) in [4.78, 5) is 30.2. The number of likely N-dealkylation sites (N-methyl/N-ethyl adjacent to an activating group) is 1. The fraction of sp³-hybridized carbons (Fsp3) is 0.250. The van der Waals surface area contributed by atoms with E-state index in [0.717, 1.165) is 11.1 Å². The van der Waals surface area contributed by atoms with Crippen molar-refractivity contribution in [2.45, 2.75) is 19.9 Å². The monoisotopic (exact) mass is 390 g/mol. The zero-order valence-electron chi connectivity index (χ0n) is 17.2. The average molecular weight is 390 g/mol. The third-order valence-corrected chi connectivity index (χ3v) is 5.17. The zero-order valence-corrected chi connectivity index (χ0v) is 17.2. The highest BCUT2D eigenvalue weighted by Gasteiger charge is 2.26. The van der Waals surface area contributed by atoms with Crippen molar-refractivity contribution in [1.82, 2.24) is 9.88 Å². The third kappa shape index (κ3) is 4.30. The number of hydrogen-bond acceptors (Lipinski definition) is 4. The first-order valence-corrected chi connectivity index (χ1v) is 9.54. The van der Waals surface area contributed by atoms with Crippen LogP contribution in [0.1, 0.15) is 49.3 Å². The molecule has 0 bridgehead atoms. The van der Waals surface area contributed by atoms with Gasteiger partial charge in [-0.2, -0.15) is 0 Å². The van der Waals surface area contributed by atoms with E-state index in [1.54, 1.807) is 13.8 Å². The Balaban J connectivity index is 1.90. The molecule has 3 rings (SSSR count). The van der Waals surface area contributed by atoms with Crippen LogP contribution in [0.5, 0.6) is 0 Å². The van der Waals surface area contributed by atoms with Crippen molar-refractivity contribution in [3.8, 4) is 0 Å². The van der Waals surface area contributed by atoms with E-state index in [-0.39, 0.29) is 18.4 Å². The van der Waals surface area contributed by atoms with Gasteiger partial charge in [0, 0.05) is 5.69 Å². The number of H-pyrrole nitrogens is 1. The summed E-state index contributed by atoms with van der Waals surface area (Å²) in [6.07, 6.45) is 0. The van der Waals surface area contributed by atoms with Crippen LogP contribution in [0.4, 0.5) is 0 Å². The normalized spacial score (nSPS) is 11.1. The topological polar surface area (TPSA) is 62.4 Å². The molecular formula is C24H26N2O3. The van der Waals surface area contributed by atoms with Crippen LogP contribution in [0, 0.1) is 13.8 Å². The number of hydrogen-bond donors (Lipinski definition) is 1. The minimum atomic E-state index is -0.435. The first-order valence-electron chi connectivity index (χ1n) is 9.54. The van der Waals surface area contributed by atoms with Gasteiger partial charge in [0.1, 0.15) is 0 Å². The molecule has 0 saturated heterocycles. The molecule has 0 aliphatic rings. The van der Waals surface area contributed by atoms with E-state index >= 15 is 0 Å². The number of Topliss-reactive ketones (excluding diaryl/α,β-unsaturated/α-hetero) is 1. The Kier molecular flexibility index (Phi) is 6.29. The van der Waals surface area contributed by atoms with Gasteiger partial charge in [-0.3, -0.25) is 9.69 Å². The van der Waals surface area contributed by atoms with Crippen molar-refractivity contribution >= 4 is 11.8 Å². The van der Waals surface area contributed by atoms with Gasteiger partial charge in [0.25, 0.3) is 0 Å². The highest BCUT2D eigenvalue weighted by atomic mass is 16.5. The lowest BCUT2D eigenvalue weighted by atomic mass is 9.97. The number of esters is 1. The van der Waals surface area contributed by atoms with Crippen molar-refractivity contribution in [2.24, 2.45) is 0 Å². The summed E-state index contributed by atoms with van der Waals surface area (Å²) in [5.41, 5.74) is 4.38. The van der Waals surface area contributed by atoms with Crippen LogP contribution in [-0.4, -0.2) is 42.3 Å². The van der Waals surface area contributed by atoms with Gasteiger partial charge < -0.3 is 9.72 Å². The van der Waals surface area contributed by atoms with Crippen LogP contribution in [-0.2, 0) is 4.74 Å². The summed E-state index contributed by atoms with van der Waals surface area (Å²) < 4.78 is 4.85. The predicted octanol–water partition coefficient (Wildman–Crippen LogP) is 4.32. The van der Waals surface area contributed by atoms with Crippen molar-refractivity contribution < 1.29 is 14.3 Å². The quantitative estimate of drug-likeness (QED) is 0.482. The van der Waals surface area contributed by atoms with Gasteiger partial charge in [0.05, 0.1) is 31.0 Å². The first-order chi connectivity index (χ1) is 13.9. The summed E-state index contributed by atoms with van der Waals surface area (Å²) in [5.74, 6) is -0.504. The lowest BCUT2D eigenvalue weighted by Gasteiger charge is -2.28. The van der Waals surface area contributed by atoms with Crippen molar-refractivity contribution in [2.75, 3.05) is 20.7 Å². The Hall–Kier alpha value is -3.18. The molecule has 1 aromatic heterocycles. The number of nitrogens with zero attached hydrogens (tertiary/aromatic N) is 1. The fourth-order valence-electron chi connectivity index (χ4n) is 3.81. The largest absolute Gasteiger partial charge is 0.465 e. The van der Waals surface area contributed by atoms with Gasteiger partial charge in [-0.15, -0.1) is 0 Å². The maximum absolute atomic E-state index is 13.1. The highest BCUT2D eigenvalue weighted by molar-refractivity contribution is 6.02. The number of ether oxygens (including phenoxy) is 1. The molecular weight excluding hydrogens is 364 g/mol. The van der Waals surface area contributed by atoms with Crippen LogP contribution in [0.25, 0.3) is 0 Å². The van der Waals surface area contributed by atoms with E-state index in [1.165, 1.54) is 7.11 Å². The molecule has 0 unspecified atom stereocenters. The number of ketones is 1. The van der Waals surface area contributed by atoms with E-state index in [0.29, 0.717) is 22.5 Å². The van der Waals surface area contributed by atoms with Gasteiger partial charge in [-0.25, -0.2) is 4.79 Å². The highest BCUT2D eigenvalue weighted by Crippen LogP contribution is 2.28. The lowest BCUT2D eigenvalue weighted by Crippen LogP contribution is -2.31. The molecule has 0 aliphatic heterocycles. The van der Waals surface area contributed by atoms with Gasteiger partial charge >= 0.3 is 5.97 Å². The molecule has 1 heterocycles. The fourth-order valence-corrected chi connectivity index (χ4v) is 3.81. The average Bonchev–Trinajstić information content (AvgIpc) is 3.03.